The Hall–Kier alpha value is -3.43. The Balaban J connectivity index is 2.48. The molecule has 0 radical (unpaired) electrons. The van der Waals surface area contributed by atoms with Crippen LogP contribution in [0.1, 0.15) is 88.2 Å². The van der Waals surface area contributed by atoms with Gasteiger partial charge in [0, 0.05) is 30.4 Å². The van der Waals surface area contributed by atoms with Crippen molar-refractivity contribution in [3.63, 3.8) is 0 Å². The highest BCUT2D eigenvalue weighted by Crippen LogP contribution is 2.35. The first kappa shape index (κ1) is 28.8. The fourth-order valence-electron chi connectivity index (χ4n) is 3.97. The third-order valence-electron chi connectivity index (χ3n) is 5.85. The fourth-order valence-corrected chi connectivity index (χ4v) is 3.97. The number of benzene rings is 1. The van der Waals surface area contributed by atoms with Crippen molar-refractivity contribution in [1.82, 2.24) is 10.6 Å². The Morgan fingerprint density at radius 1 is 1.22 bits per heavy atom. The molecule has 1 aliphatic rings. The lowest BCUT2D eigenvalue weighted by Gasteiger charge is -2.35. The molecule has 2 atom stereocenters. The summed E-state index contributed by atoms with van der Waals surface area (Å²) < 4.78 is 16.0. The second-order valence-electron chi connectivity index (χ2n) is 9.69. The first-order chi connectivity index (χ1) is 17.1. The van der Waals surface area contributed by atoms with Gasteiger partial charge in [0.2, 0.25) is 5.96 Å². The SMILES string of the molecule is CC[C@](CC=O)(CCCC=O)NC(=NC1CCOc2ccc(C(=O)OC)cc21)NC(=O)OC(C)(C)C. The van der Waals surface area contributed by atoms with Gasteiger partial charge in [-0.15, -0.1) is 0 Å². The Bertz CT molecular complexity index is 971. The maximum Gasteiger partial charge on any atom is 0.414 e. The number of rotatable bonds is 10. The molecule has 1 heterocycles. The Morgan fingerprint density at radius 2 is 1.97 bits per heavy atom. The predicted molar refractivity (Wildman–Crippen MR) is 134 cm³/mol. The molecule has 1 aromatic carbocycles. The van der Waals surface area contributed by atoms with E-state index in [2.05, 4.69) is 10.6 Å². The number of carbonyl (C=O) groups excluding carboxylic acids is 4. The molecule has 1 aromatic rings. The van der Waals surface area contributed by atoms with Gasteiger partial charge in [-0.3, -0.25) is 5.32 Å². The molecule has 2 rings (SSSR count). The Morgan fingerprint density at radius 3 is 2.58 bits per heavy atom. The topological polar surface area (TPSA) is 132 Å². The highest BCUT2D eigenvalue weighted by molar-refractivity contribution is 5.95. The van der Waals surface area contributed by atoms with Crippen molar-refractivity contribution in [2.24, 2.45) is 4.99 Å². The van der Waals surface area contributed by atoms with E-state index in [4.69, 9.17) is 19.2 Å². The van der Waals surface area contributed by atoms with Gasteiger partial charge in [-0.1, -0.05) is 6.92 Å². The van der Waals surface area contributed by atoms with Crippen LogP contribution < -0.4 is 15.4 Å². The highest BCUT2D eigenvalue weighted by Gasteiger charge is 2.31. The minimum absolute atomic E-state index is 0.139. The van der Waals surface area contributed by atoms with Crippen molar-refractivity contribution in [2.75, 3.05) is 13.7 Å². The molecule has 0 saturated heterocycles. The number of nitrogens with zero attached hydrogens (tertiary/aromatic N) is 1. The van der Waals surface area contributed by atoms with E-state index >= 15 is 0 Å². The van der Waals surface area contributed by atoms with E-state index in [-0.39, 0.29) is 12.4 Å². The van der Waals surface area contributed by atoms with Crippen LogP contribution in [0.4, 0.5) is 4.79 Å². The third-order valence-corrected chi connectivity index (χ3v) is 5.85. The van der Waals surface area contributed by atoms with Crippen molar-refractivity contribution in [3.8, 4) is 5.75 Å². The molecule has 36 heavy (non-hydrogen) atoms. The number of nitrogens with one attached hydrogen (secondary N) is 2. The summed E-state index contributed by atoms with van der Waals surface area (Å²) in [4.78, 5) is 52.0. The lowest BCUT2D eigenvalue weighted by Crippen LogP contribution is -2.55. The van der Waals surface area contributed by atoms with Crippen molar-refractivity contribution in [3.05, 3.63) is 29.3 Å². The minimum atomic E-state index is -0.732. The maximum absolute atomic E-state index is 12.7. The summed E-state index contributed by atoms with van der Waals surface area (Å²) in [5.74, 6) is 0.239. The van der Waals surface area contributed by atoms with E-state index in [1.165, 1.54) is 7.11 Å². The van der Waals surface area contributed by atoms with Gasteiger partial charge in [0.1, 0.15) is 23.9 Å². The number of carbonyl (C=O) groups is 4. The smallest absolute Gasteiger partial charge is 0.414 e. The lowest BCUT2D eigenvalue weighted by molar-refractivity contribution is -0.109. The third kappa shape index (κ3) is 8.35. The molecule has 1 amide bonds. The predicted octanol–water partition coefficient (Wildman–Crippen LogP) is 3.87. The van der Waals surface area contributed by atoms with Gasteiger partial charge in [-0.2, -0.15) is 0 Å². The molecule has 0 fully saturated rings. The van der Waals surface area contributed by atoms with Crippen LogP contribution in [0.15, 0.2) is 23.2 Å². The van der Waals surface area contributed by atoms with Gasteiger partial charge < -0.3 is 29.1 Å². The summed E-state index contributed by atoms with van der Waals surface area (Å²) in [6, 6.07) is 4.53. The number of hydrogen-bond acceptors (Lipinski definition) is 8. The van der Waals surface area contributed by atoms with Crippen LogP contribution in [-0.2, 0) is 19.1 Å². The number of aldehydes is 2. The van der Waals surface area contributed by atoms with Crippen molar-refractivity contribution in [2.45, 2.75) is 83.4 Å². The van der Waals surface area contributed by atoms with Gasteiger partial charge in [0.15, 0.2) is 0 Å². The molecule has 0 saturated carbocycles. The molecule has 0 bridgehead atoms. The van der Waals surface area contributed by atoms with Crippen LogP contribution in [0.2, 0.25) is 0 Å². The number of aliphatic imine (C=N–C) groups is 1. The normalized spacial score (nSPS) is 17.0. The van der Waals surface area contributed by atoms with Gasteiger partial charge in [0.25, 0.3) is 0 Å². The average molecular weight is 504 g/mol. The molecule has 0 aliphatic carbocycles. The van der Waals surface area contributed by atoms with Crippen molar-refractivity contribution >= 4 is 30.6 Å². The Kier molecular flexibility index (Phi) is 10.4. The summed E-state index contributed by atoms with van der Waals surface area (Å²) in [5.41, 5.74) is -0.424. The summed E-state index contributed by atoms with van der Waals surface area (Å²) in [5, 5.41) is 5.98. The lowest BCUT2D eigenvalue weighted by atomic mass is 9.87. The summed E-state index contributed by atoms with van der Waals surface area (Å²) in [6.45, 7) is 7.58. The van der Waals surface area contributed by atoms with Gasteiger partial charge in [-0.05, 0) is 58.2 Å². The minimum Gasteiger partial charge on any atom is -0.493 e. The van der Waals surface area contributed by atoms with Gasteiger partial charge >= 0.3 is 12.1 Å². The van der Waals surface area contributed by atoms with Gasteiger partial charge in [-0.25, -0.2) is 14.6 Å². The fraction of sp³-hybridized carbons (Fsp3) is 0.577. The highest BCUT2D eigenvalue weighted by atomic mass is 16.6. The van der Waals surface area contributed by atoms with Crippen molar-refractivity contribution in [1.29, 1.82) is 0 Å². The molecule has 10 heteroatoms. The van der Waals surface area contributed by atoms with Gasteiger partial charge in [0.05, 0.1) is 25.3 Å². The maximum atomic E-state index is 12.7. The molecule has 0 aromatic heterocycles. The van der Waals surface area contributed by atoms with Crippen LogP contribution in [0.5, 0.6) is 5.75 Å². The number of ether oxygens (including phenoxy) is 3. The number of guanidine groups is 1. The Labute approximate surface area is 212 Å². The molecule has 1 unspecified atom stereocenters. The summed E-state index contributed by atoms with van der Waals surface area (Å²) in [6.07, 6.45) is 3.61. The second-order valence-corrected chi connectivity index (χ2v) is 9.69. The number of unbranched alkanes of at least 4 members (excludes halogenated alkanes) is 1. The van der Waals surface area contributed by atoms with Crippen LogP contribution in [0.3, 0.4) is 0 Å². The number of alkyl carbamates (subject to hydrolysis) is 1. The van der Waals surface area contributed by atoms with Crippen LogP contribution >= 0.6 is 0 Å². The van der Waals surface area contributed by atoms with E-state index in [1.807, 2.05) is 6.92 Å². The number of methoxy groups -OCH3 is 1. The quantitative estimate of drug-likeness (QED) is 0.162. The van der Waals surface area contributed by atoms with E-state index in [0.29, 0.717) is 55.6 Å². The van der Waals surface area contributed by atoms with E-state index in [1.54, 1.807) is 39.0 Å². The standard InChI is InChI=1S/C26H37N3O7/c1-6-26(13-15-31,12-7-8-14-30)29-23(28-24(33)36-25(2,3)4)27-20-11-16-35-21-10-9-18(17-19(20)21)22(32)34-5/h9-10,14-15,17,20H,6-8,11-13,16H2,1-5H3,(H2,27,28,29,33)/t20?,26-/m1/s1. The summed E-state index contributed by atoms with van der Waals surface area (Å²) in [7, 11) is 1.31. The zero-order chi connectivity index (χ0) is 26.8. The number of hydrogen-bond donors (Lipinski definition) is 2. The molecular formula is C26H37N3O7. The number of amides is 1. The number of fused-ring (bicyclic) bond motifs is 1. The molecule has 1 aliphatic heterocycles. The van der Waals surface area contributed by atoms with Crippen LogP contribution in [0.25, 0.3) is 0 Å². The largest absolute Gasteiger partial charge is 0.493 e. The van der Waals surface area contributed by atoms with E-state index in [9.17, 15) is 19.2 Å². The molecule has 198 valence electrons. The number of esters is 1. The van der Waals surface area contributed by atoms with Crippen LogP contribution in [-0.4, -0.2) is 55.5 Å². The molecule has 10 nitrogen and oxygen atoms in total. The molecule has 0 spiro atoms. The molecular weight excluding hydrogens is 466 g/mol. The zero-order valence-corrected chi connectivity index (χ0v) is 21.7. The first-order valence-corrected chi connectivity index (χ1v) is 12.1. The monoisotopic (exact) mass is 503 g/mol. The van der Waals surface area contributed by atoms with Crippen molar-refractivity contribution < 1.29 is 33.4 Å². The van der Waals surface area contributed by atoms with E-state index < -0.39 is 29.2 Å². The van der Waals surface area contributed by atoms with E-state index in [0.717, 1.165) is 12.6 Å². The second kappa shape index (κ2) is 13.0. The molecule has 2 N–H and O–H groups in total. The summed E-state index contributed by atoms with van der Waals surface area (Å²) >= 11 is 0. The zero-order valence-electron chi connectivity index (χ0n) is 21.7. The first-order valence-electron chi connectivity index (χ1n) is 12.1. The van der Waals surface area contributed by atoms with Crippen LogP contribution in [0, 0.1) is 0 Å². The average Bonchev–Trinajstić information content (AvgIpc) is 2.82.